The Morgan fingerprint density at radius 3 is 2.27 bits per heavy atom. The predicted octanol–water partition coefficient (Wildman–Crippen LogP) is 8.73. The number of para-hydroxylation sites is 1. The first kappa shape index (κ1) is 28.6. The number of aromatic nitrogens is 1. The number of benzene rings is 3. The van der Waals surface area contributed by atoms with Crippen LogP contribution in [0.5, 0.6) is 0 Å². The van der Waals surface area contributed by atoms with Crippen LogP contribution in [0, 0.1) is 18.8 Å². The average molecular weight is 705 g/mol. The monoisotopic (exact) mass is 705 g/mol. The molecule has 4 heteroatoms. The van der Waals surface area contributed by atoms with Crippen molar-refractivity contribution in [3.8, 4) is 11.3 Å². The number of pyridine rings is 1. The summed E-state index contributed by atoms with van der Waals surface area (Å²) in [4.78, 5) is 8.84. The quantitative estimate of drug-likeness (QED) is 0.185. The maximum Gasteiger partial charge on any atom is 3.00 e. The molecule has 0 radical (unpaired) electrons. The molecule has 3 nitrogen and oxygen atoms in total. The SMILES string of the molecule is CN1[CH-]N2c3[c-]c4c(cc3C(C)(C)c3cccc1c32)C(C)(C)CCC4(C)C.[Ir+3].[c-]1ccccc1-c1ccccn1. The van der Waals surface area contributed by atoms with Crippen LogP contribution in [-0.2, 0) is 36.4 Å². The Balaban J connectivity index is 0.000000209. The molecule has 206 valence electrons. The van der Waals surface area contributed by atoms with Crippen molar-refractivity contribution in [1.29, 1.82) is 0 Å². The average Bonchev–Trinajstić information content (AvgIpc) is 3.28. The second-order valence-corrected chi connectivity index (χ2v) is 13.0. The summed E-state index contributed by atoms with van der Waals surface area (Å²) in [5.74, 6) is 0. The maximum absolute atomic E-state index is 4.22. The van der Waals surface area contributed by atoms with Gasteiger partial charge in [-0.15, -0.1) is 47.0 Å². The Bertz CT molecular complexity index is 1490. The molecule has 0 saturated heterocycles. The minimum absolute atomic E-state index is 0. The van der Waals surface area contributed by atoms with E-state index in [9.17, 15) is 0 Å². The zero-order chi connectivity index (χ0) is 27.6. The Labute approximate surface area is 254 Å². The van der Waals surface area contributed by atoms with Crippen molar-refractivity contribution in [2.45, 2.75) is 70.6 Å². The Morgan fingerprint density at radius 2 is 1.57 bits per heavy atom. The van der Waals surface area contributed by atoms with Crippen LogP contribution < -0.4 is 9.80 Å². The molecule has 7 rings (SSSR count). The summed E-state index contributed by atoms with van der Waals surface area (Å²) in [5, 5.41) is 0. The fourth-order valence-electron chi connectivity index (χ4n) is 6.41. The van der Waals surface area contributed by atoms with Crippen LogP contribution in [0.15, 0.2) is 72.9 Å². The molecular weight excluding hydrogens is 667 g/mol. The summed E-state index contributed by atoms with van der Waals surface area (Å²) in [6.45, 7) is 16.6. The Morgan fingerprint density at radius 1 is 0.825 bits per heavy atom. The standard InChI is InChI=1S/C25H30N2.C11H8N.Ir/c1-23(2)11-12-24(3,4)18-14-21-19(13-17(18)23)25(5,6)16-9-8-10-20-22(16)27(21)15-26(20)7;1-2-6-10(7-3-1)11-8-4-5-9-12-11;/h8-10,13,15H,11-12H2,1-7H3;1-6,8-9H;/q-2;-1;+3. The third-order valence-electron chi connectivity index (χ3n) is 9.00. The van der Waals surface area contributed by atoms with Gasteiger partial charge in [0.2, 0.25) is 0 Å². The Kier molecular flexibility index (Phi) is 7.26. The van der Waals surface area contributed by atoms with E-state index in [2.05, 4.69) is 106 Å². The van der Waals surface area contributed by atoms with Gasteiger partial charge in [0.05, 0.1) is 0 Å². The first-order valence-corrected chi connectivity index (χ1v) is 14.0. The van der Waals surface area contributed by atoms with Crippen molar-refractivity contribution in [3.63, 3.8) is 0 Å². The molecule has 3 heterocycles. The van der Waals surface area contributed by atoms with Crippen LogP contribution in [0.3, 0.4) is 0 Å². The van der Waals surface area contributed by atoms with Crippen LogP contribution >= 0.6 is 0 Å². The van der Waals surface area contributed by atoms with E-state index < -0.39 is 0 Å². The molecule has 0 atom stereocenters. The number of rotatable bonds is 1. The van der Waals surface area contributed by atoms with Gasteiger partial charge in [0.1, 0.15) is 0 Å². The van der Waals surface area contributed by atoms with Gasteiger partial charge in [0, 0.05) is 17.6 Å². The molecule has 0 unspecified atom stereocenters. The van der Waals surface area contributed by atoms with Crippen LogP contribution in [0.25, 0.3) is 11.3 Å². The number of hydrogen-bond acceptors (Lipinski definition) is 3. The molecule has 0 N–H and O–H groups in total. The van der Waals surface area contributed by atoms with Crippen molar-refractivity contribution in [1.82, 2.24) is 4.98 Å². The third kappa shape index (κ3) is 4.60. The molecule has 1 aliphatic carbocycles. The molecule has 0 amide bonds. The van der Waals surface area contributed by atoms with Gasteiger partial charge in [-0.1, -0.05) is 83.3 Å². The summed E-state index contributed by atoms with van der Waals surface area (Å²) in [6, 6.07) is 30.0. The maximum atomic E-state index is 4.22. The number of fused-ring (bicyclic) bond motifs is 3. The van der Waals surface area contributed by atoms with Gasteiger partial charge in [0.15, 0.2) is 0 Å². The zero-order valence-corrected chi connectivity index (χ0v) is 27.0. The first-order valence-electron chi connectivity index (χ1n) is 14.0. The van der Waals surface area contributed by atoms with E-state index in [-0.39, 0.29) is 36.4 Å². The minimum Gasteiger partial charge on any atom is -0.504 e. The second-order valence-electron chi connectivity index (χ2n) is 13.0. The topological polar surface area (TPSA) is 19.4 Å². The molecule has 1 aromatic heterocycles. The summed E-state index contributed by atoms with van der Waals surface area (Å²) in [6.07, 6.45) is 4.24. The van der Waals surface area contributed by atoms with Gasteiger partial charge in [-0.05, 0) is 47.7 Å². The van der Waals surface area contributed by atoms with Gasteiger partial charge in [-0.3, -0.25) is 0 Å². The first-order chi connectivity index (χ1) is 18.5. The van der Waals surface area contributed by atoms with Gasteiger partial charge < -0.3 is 14.8 Å². The summed E-state index contributed by atoms with van der Waals surface area (Å²) in [7, 11) is 2.14. The van der Waals surface area contributed by atoms with Crippen LogP contribution in [-0.4, -0.2) is 12.0 Å². The fourth-order valence-corrected chi connectivity index (χ4v) is 6.41. The predicted molar refractivity (Wildman–Crippen MR) is 162 cm³/mol. The van der Waals surface area contributed by atoms with E-state index in [0.717, 1.165) is 11.3 Å². The zero-order valence-electron chi connectivity index (χ0n) is 24.6. The van der Waals surface area contributed by atoms with Crippen molar-refractivity contribution < 1.29 is 20.1 Å². The third-order valence-corrected chi connectivity index (χ3v) is 9.00. The van der Waals surface area contributed by atoms with E-state index in [1.807, 2.05) is 42.5 Å². The molecule has 40 heavy (non-hydrogen) atoms. The summed E-state index contributed by atoms with van der Waals surface area (Å²) >= 11 is 0. The molecule has 2 aliphatic heterocycles. The molecule has 0 spiro atoms. The van der Waals surface area contributed by atoms with Crippen LogP contribution in [0.2, 0.25) is 0 Å². The second kappa shape index (κ2) is 10.2. The minimum atomic E-state index is -0.0284. The van der Waals surface area contributed by atoms with E-state index >= 15 is 0 Å². The van der Waals surface area contributed by atoms with Gasteiger partial charge in [-0.25, -0.2) is 0 Å². The number of anilines is 3. The van der Waals surface area contributed by atoms with Gasteiger partial charge in [-0.2, -0.15) is 24.4 Å². The molecule has 0 saturated carbocycles. The number of hydrogen-bond donors (Lipinski definition) is 0. The smallest absolute Gasteiger partial charge is 0.504 e. The summed E-state index contributed by atoms with van der Waals surface area (Å²) < 4.78 is 0. The van der Waals surface area contributed by atoms with E-state index in [0.29, 0.717) is 0 Å². The molecule has 3 aliphatic rings. The van der Waals surface area contributed by atoms with E-state index in [4.69, 9.17) is 0 Å². The Hall–Kier alpha value is -2.94. The fraction of sp³-hybridized carbons (Fsp3) is 0.333. The molecule has 0 bridgehead atoms. The van der Waals surface area contributed by atoms with E-state index in [1.165, 1.54) is 52.2 Å². The van der Waals surface area contributed by atoms with Crippen LogP contribution in [0.4, 0.5) is 17.1 Å². The normalized spacial score (nSPS) is 18.4. The van der Waals surface area contributed by atoms with Crippen molar-refractivity contribution in [3.05, 3.63) is 114 Å². The van der Waals surface area contributed by atoms with Gasteiger partial charge >= 0.3 is 20.1 Å². The molecule has 0 fully saturated rings. The van der Waals surface area contributed by atoms with E-state index in [1.54, 1.807) is 6.20 Å². The van der Waals surface area contributed by atoms with Crippen molar-refractivity contribution in [2.75, 3.05) is 16.8 Å². The molecule has 3 aromatic carbocycles. The molecular formula is C36H38IrN3. The number of nitrogens with zero attached hydrogens (tertiary/aromatic N) is 3. The summed E-state index contributed by atoms with van der Waals surface area (Å²) in [5.41, 5.74) is 12.0. The molecule has 4 aromatic rings. The van der Waals surface area contributed by atoms with Gasteiger partial charge in [0.25, 0.3) is 0 Å². The van der Waals surface area contributed by atoms with Crippen molar-refractivity contribution >= 4 is 17.1 Å². The van der Waals surface area contributed by atoms with Crippen LogP contribution in [0.1, 0.15) is 76.6 Å². The van der Waals surface area contributed by atoms with Crippen molar-refractivity contribution in [2.24, 2.45) is 0 Å². The largest absolute Gasteiger partial charge is 3.00 e.